The van der Waals surface area contributed by atoms with Crippen LogP contribution in [0.25, 0.3) is 0 Å². The molecule has 0 bridgehead atoms. The zero-order valence-electron chi connectivity index (χ0n) is 16.3. The molecule has 1 aromatic carbocycles. The molecule has 136 valence electrons. The van der Waals surface area contributed by atoms with Gasteiger partial charge in [-0.05, 0) is 12.0 Å². The van der Waals surface area contributed by atoms with Crippen molar-refractivity contribution < 1.29 is 82.8 Å². The first-order valence-electron chi connectivity index (χ1n) is 8.32. The van der Waals surface area contributed by atoms with Gasteiger partial charge >= 0.3 is 59.1 Å². The summed E-state index contributed by atoms with van der Waals surface area (Å²) in [6.45, 7) is 1.76. The minimum atomic E-state index is -5.08. The van der Waals surface area contributed by atoms with Gasteiger partial charge in [0, 0.05) is 13.5 Å². The molecule has 0 aromatic heterocycles. The molecular weight excluding hydrogens is 375 g/mol. The van der Waals surface area contributed by atoms with E-state index in [1.807, 2.05) is 6.07 Å². The monoisotopic (exact) mass is 401 g/mol. The predicted octanol–water partition coefficient (Wildman–Crippen LogP) is -3.60. The maximum Gasteiger partial charge on any atom is 1.00 e. The van der Waals surface area contributed by atoms with Crippen LogP contribution in [0, 0.1) is 0 Å². The van der Waals surface area contributed by atoms with Crippen molar-refractivity contribution in [3.05, 3.63) is 35.9 Å². The van der Waals surface area contributed by atoms with Gasteiger partial charge in [-0.2, -0.15) is 0 Å². The summed E-state index contributed by atoms with van der Waals surface area (Å²) in [4.78, 5) is 35.4. The molecule has 0 aliphatic rings. The number of unbranched alkanes of at least 4 members (excludes halogenated alkanes) is 4. The van der Waals surface area contributed by atoms with Crippen LogP contribution in [-0.4, -0.2) is 24.5 Å². The summed E-state index contributed by atoms with van der Waals surface area (Å²) in [6, 6.07) is 8.35. The Morgan fingerprint density at radius 3 is 2.23 bits per heavy atom. The summed E-state index contributed by atoms with van der Waals surface area (Å²) in [5, 5.41) is 0. The quantitative estimate of drug-likeness (QED) is 0.217. The van der Waals surface area contributed by atoms with E-state index >= 15 is 0 Å². The van der Waals surface area contributed by atoms with Crippen LogP contribution in [0.3, 0.4) is 0 Å². The van der Waals surface area contributed by atoms with Crippen LogP contribution in [0.1, 0.15) is 57.1 Å². The first kappa shape index (κ1) is 29.0. The van der Waals surface area contributed by atoms with Gasteiger partial charge in [-0.25, -0.2) is 0 Å². The smallest absolute Gasteiger partial charge is 0.790 e. The molecule has 1 rings (SSSR count). The molecule has 0 saturated carbocycles. The van der Waals surface area contributed by atoms with Crippen molar-refractivity contribution >= 4 is 13.7 Å². The van der Waals surface area contributed by atoms with Crippen molar-refractivity contribution in [2.24, 2.45) is 0 Å². The first-order chi connectivity index (χ1) is 11.3. The molecule has 0 heterocycles. The average molecular weight is 401 g/mol. The molecule has 9 heteroatoms. The Morgan fingerprint density at radius 1 is 1.12 bits per heavy atom. The van der Waals surface area contributed by atoms with E-state index in [9.17, 15) is 19.1 Å². The molecule has 26 heavy (non-hydrogen) atoms. The largest absolute Gasteiger partial charge is 1.00 e. The van der Waals surface area contributed by atoms with Crippen molar-refractivity contribution in [1.29, 1.82) is 0 Å². The van der Waals surface area contributed by atoms with E-state index in [1.54, 1.807) is 31.3 Å². The molecule has 0 N–H and O–H groups in total. The van der Waals surface area contributed by atoms with E-state index in [4.69, 9.17) is 0 Å². The van der Waals surface area contributed by atoms with Crippen molar-refractivity contribution in [3.8, 4) is 0 Å². The number of rotatable bonds is 11. The summed E-state index contributed by atoms with van der Waals surface area (Å²) in [5.74, 6) is -0.0874. The van der Waals surface area contributed by atoms with Gasteiger partial charge in [0.05, 0.1) is 20.5 Å². The summed E-state index contributed by atoms with van der Waals surface area (Å²) in [5.41, 5.74) is 0.729. The average Bonchev–Trinajstić information content (AvgIpc) is 2.54. The van der Waals surface area contributed by atoms with Gasteiger partial charge in [0.2, 0.25) is 5.91 Å². The number of carbonyl (C=O) groups excluding carboxylic acids is 1. The number of hydrogen-bond acceptors (Lipinski definition) is 5. The fourth-order valence-electron chi connectivity index (χ4n) is 2.50. The Morgan fingerprint density at radius 2 is 1.69 bits per heavy atom. The van der Waals surface area contributed by atoms with Crippen molar-refractivity contribution in [1.82, 2.24) is 4.90 Å². The number of carbonyl (C=O) groups is 1. The zero-order chi connectivity index (χ0) is 18.0. The van der Waals surface area contributed by atoms with Gasteiger partial charge in [0.15, 0.2) is 0 Å². The fourth-order valence-corrected chi connectivity index (χ4v) is 2.82. The second kappa shape index (κ2) is 15.7. The SMILES string of the molecule is CCCCCCCC(=O)N(C)[C@@H](COP(=O)([O-])[O-])c1ccccc1.[Na+].[Na+]. The van der Waals surface area contributed by atoms with Gasteiger partial charge in [0.1, 0.15) is 0 Å². The molecule has 0 aliphatic heterocycles. The number of amides is 1. The Balaban J connectivity index is 0. The Bertz CT molecular complexity index is 541. The zero-order valence-corrected chi connectivity index (χ0v) is 21.2. The Hall–Kier alpha value is 0.800. The summed E-state index contributed by atoms with van der Waals surface area (Å²) in [6.07, 6.45) is 5.60. The van der Waals surface area contributed by atoms with Crippen LogP contribution in [-0.2, 0) is 13.9 Å². The van der Waals surface area contributed by atoms with Gasteiger partial charge in [-0.1, -0.05) is 62.9 Å². The van der Waals surface area contributed by atoms with Crippen LogP contribution in [0.5, 0.6) is 0 Å². The van der Waals surface area contributed by atoms with Crippen LogP contribution in [0.15, 0.2) is 30.3 Å². The molecule has 0 aliphatic carbocycles. The molecule has 0 unspecified atom stereocenters. The molecule has 1 amide bonds. The minimum absolute atomic E-state index is 0. The maximum absolute atomic E-state index is 12.4. The summed E-state index contributed by atoms with van der Waals surface area (Å²) < 4.78 is 15.2. The van der Waals surface area contributed by atoms with Crippen LogP contribution in [0.4, 0.5) is 0 Å². The normalized spacial score (nSPS) is 11.8. The number of benzene rings is 1. The second-order valence-corrected chi connectivity index (χ2v) is 6.99. The van der Waals surface area contributed by atoms with Gasteiger partial charge < -0.3 is 23.8 Å². The molecule has 0 fully saturated rings. The predicted molar refractivity (Wildman–Crippen MR) is 88.9 cm³/mol. The Labute approximate surface area is 200 Å². The third-order valence-corrected chi connectivity index (χ3v) is 4.40. The third-order valence-electron chi connectivity index (χ3n) is 3.93. The van der Waals surface area contributed by atoms with E-state index in [0.717, 1.165) is 37.7 Å². The van der Waals surface area contributed by atoms with Crippen molar-refractivity contribution in [2.45, 2.75) is 51.5 Å². The van der Waals surface area contributed by atoms with Crippen LogP contribution in [0.2, 0.25) is 0 Å². The van der Waals surface area contributed by atoms with E-state index in [2.05, 4.69) is 11.4 Å². The molecule has 1 atom stereocenters. The first-order valence-corrected chi connectivity index (χ1v) is 9.78. The number of phosphoric ester groups is 1. The van der Waals surface area contributed by atoms with Gasteiger partial charge in [0.25, 0.3) is 0 Å². The van der Waals surface area contributed by atoms with Gasteiger partial charge in [-0.3, -0.25) is 4.79 Å². The van der Waals surface area contributed by atoms with E-state index in [-0.39, 0.29) is 71.6 Å². The third kappa shape index (κ3) is 12.3. The van der Waals surface area contributed by atoms with E-state index in [0.29, 0.717) is 6.42 Å². The van der Waals surface area contributed by atoms with Crippen LogP contribution < -0.4 is 68.9 Å². The minimum Gasteiger partial charge on any atom is -0.790 e. The second-order valence-electron chi connectivity index (χ2n) is 5.84. The Kier molecular flexibility index (Phi) is 17.5. The number of likely N-dealkylation sites (N-methyl/N-ethyl adjacent to an activating group) is 1. The number of hydrogen-bond donors (Lipinski definition) is 0. The number of phosphoric acid groups is 1. The summed E-state index contributed by atoms with van der Waals surface area (Å²) in [7, 11) is -3.47. The molecule has 0 spiro atoms. The van der Waals surface area contributed by atoms with Crippen molar-refractivity contribution in [3.63, 3.8) is 0 Å². The molecule has 6 nitrogen and oxygen atoms in total. The molecule has 0 saturated heterocycles. The fraction of sp³-hybridized carbons (Fsp3) is 0.588. The molecule has 1 aromatic rings. The molecular formula is C17H26NNa2O5P. The van der Waals surface area contributed by atoms with Crippen molar-refractivity contribution in [2.75, 3.05) is 13.7 Å². The van der Waals surface area contributed by atoms with Crippen LogP contribution >= 0.6 is 7.82 Å². The number of nitrogens with zero attached hydrogens (tertiary/aromatic N) is 1. The summed E-state index contributed by atoms with van der Waals surface area (Å²) >= 11 is 0. The van der Waals surface area contributed by atoms with E-state index in [1.165, 1.54) is 4.90 Å². The maximum atomic E-state index is 12.4. The topological polar surface area (TPSA) is 92.7 Å². The van der Waals surface area contributed by atoms with Gasteiger partial charge in [-0.15, -0.1) is 0 Å². The standard InChI is InChI=1S/C17H28NO5P.2Na/c1-3-4-5-6-10-13-17(19)18(2)16(14-23-24(20,21)22)15-11-8-7-9-12-15;;/h7-9,11-12,16H,3-6,10,13-14H2,1-2H3,(H2,20,21,22);;/q;2*+1/p-2/t16-;;/m0../s1. The van der Waals surface area contributed by atoms with E-state index < -0.39 is 13.9 Å². The molecule has 0 radical (unpaired) electrons.